The van der Waals surface area contributed by atoms with Gasteiger partial charge < -0.3 is 4.74 Å². The van der Waals surface area contributed by atoms with Crippen LogP contribution in [0.4, 0.5) is 0 Å². The van der Waals surface area contributed by atoms with Crippen LogP contribution < -0.4 is 0 Å². The van der Waals surface area contributed by atoms with Gasteiger partial charge in [-0.15, -0.1) is 21.5 Å². The van der Waals surface area contributed by atoms with Crippen molar-refractivity contribution in [2.24, 2.45) is 0 Å². The lowest BCUT2D eigenvalue weighted by Gasteiger charge is -2.04. The highest BCUT2D eigenvalue weighted by Crippen LogP contribution is 2.19. The van der Waals surface area contributed by atoms with E-state index in [1.54, 1.807) is 24.3 Å². The van der Waals surface area contributed by atoms with Crippen LogP contribution in [0.25, 0.3) is 10.7 Å². The van der Waals surface area contributed by atoms with Crippen molar-refractivity contribution in [3.05, 3.63) is 51.8 Å². The van der Waals surface area contributed by atoms with E-state index >= 15 is 0 Å². The van der Waals surface area contributed by atoms with Gasteiger partial charge in [0.1, 0.15) is 0 Å². The number of benzene rings is 1. The second-order valence-corrected chi connectivity index (χ2v) is 6.57. The van der Waals surface area contributed by atoms with E-state index in [1.165, 1.54) is 11.3 Å². The lowest BCUT2D eigenvalue weighted by molar-refractivity contribution is -0.143. The van der Waals surface area contributed by atoms with Gasteiger partial charge in [0.2, 0.25) is 5.82 Å². The van der Waals surface area contributed by atoms with Crippen LogP contribution in [0.2, 0.25) is 0 Å². The van der Waals surface area contributed by atoms with E-state index in [4.69, 9.17) is 4.74 Å². The summed E-state index contributed by atoms with van der Waals surface area (Å²) >= 11 is 4.77. The third-order valence-corrected chi connectivity index (χ3v) is 4.39. The lowest BCUT2D eigenvalue weighted by atomic mass is 10.1. The molecule has 0 atom stereocenters. The molecule has 24 heavy (non-hydrogen) atoms. The predicted molar refractivity (Wildman–Crippen MR) is 90.6 cm³/mol. The van der Waals surface area contributed by atoms with E-state index < -0.39 is 5.97 Å². The summed E-state index contributed by atoms with van der Waals surface area (Å²) in [5.41, 5.74) is 0.477. The summed E-state index contributed by atoms with van der Waals surface area (Å²) < 4.78 is 5.84. The molecule has 0 aliphatic heterocycles. The maximum atomic E-state index is 11.9. The van der Waals surface area contributed by atoms with Crippen LogP contribution in [0.1, 0.15) is 10.4 Å². The summed E-state index contributed by atoms with van der Waals surface area (Å²) in [5.74, 6) is -0.430. The zero-order chi connectivity index (χ0) is 16.9. The van der Waals surface area contributed by atoms with Crippen molar-refractivity contribution < 1.29 is 14.3 Å². The third-order valence-electron chi connectivity index (χ3n) is 3.00. The summed E-state index contributed by atoms with van der Waals surface area (Å²) in [5, 5.41) is 13.7. The first-order valence-corrected chi connectivity index (χ1v) is 8.55. The number of ketones is 1. The molecule has 0 amide bonds. The molecular weight excluding hydrogens is 396 g/mol. The average Bonchev–Trinajstić information content (AvgIpc) is 3.24. The third kappa shape index (κ3) is 4.12. The minimum atomic E-state index is -0.601. The van der Waals surface area contributed by atoms with Gasteiger partial charge in [-0.05, 0) is 28.8 Å². The van der Waals surface area contributed by atoms with E-state index in [1.807, 2.05) is 17.5 Å². The van der Waals surface area contributed by atoms with Crippen LogP contribution in [0.5, 0.6) is 0 Å². The molecule has 7 nitrogen and oxygen atoms in total. The number of hydrogen-bond acceptors (Lipinski definition) is 7. The molecule has 0 saturated carbocycles. The Labute approximate surface area is 149 Å². The molecule has 3 rings (SSSR count). The number of nitrogens with zero attached hydrogens (tertiary/aromatic N) is 4. The van der Waals surface area contributed by atoms with E-state index in [2.05, 4.69) is 31.3 Å². The largest absolute Gasteiger partial charge is 0.456 e. The van der Waals surface area contributed by atoms with Gasteiger partial charge >= 0.3 is 5.97 Å². The van der Waals surface area contributed by atoms with Gasteiger partial charge in [-0.1, -0.05) is 34.1 Å². The van der Waals surface area contributed by atoms with Gasteiger partial charge in [0, 0.05) is 10.0 Å². The Morgan fingerprint density at radius 1 is 1.21 bits per heavy atom. The molecule has 0 aliphatic rings. The molecule has 122 valence electrons. The number of thiophene rings is 1. The molecule has 3 aromatic rings. The zero-order valence-corrected chi connectivity index (χ0v) is 14.7. The minimum Gasteiger partial charge on any atom is -0.456 e. The molecule has 0 unspecified atom stereocenters. The molecule has 2 aromatic heterocycles. The number of aromatic nitrogens is 4. The van der Waals surface area contributed by atoms with Crippen LogP contribution in [0, 0.1) is 0 Å². The number of Topliss-reactive ketones (excluding diaryl/α,β-unsaturated/α-hetero) is 1. The first-order valence-electron chi connectivity index (χ1n) is 6.88. The van der Waals surface area contributed by atoms with Crippen molar-refractivity contribution in [3.8, 4) is 10.7 Å². The van der Waals surface area contributed by atoms with Crippen LogP contribution in [0.15, 0.2) is 46.3 Å². The topological polar surface area (TPSA) is 87.0 Å². The fraction of sp³-hybridized carbons (Fsp3) is 0.133. The van der Waals surface area contributed by atoms with Crippen molar-refractivity contribution in [2.45, 2.75) is 6.54 Å². The summed E-state index contributed by atoms with van der Waals surface area (Å²) in [6.45, 7) is -0.529. The van der Waals surface area contributed by atoms with Gasteiger partial charge in [0.15, 0.2) is 18.9 Å². The molecule has 9 heteroatoms. The molecule has 0 saturated heterocycles. The Kier molecular flexibility index (Phi) is 5.11. The zero-order valence-electron chi connectivity index (χ0n) is 12.3. The summed E-state index contributed by atoms with van der Waals surface area (Å²) in [6, 6.07) is 10.6. The van der Waals surface area contributed by atoms with Gasteiger partial charge in [-0.3, -0.25) is 4.79 Å². The van der Waals surface area contributed by atoms with Crippen LogP contribution >= 0.6 is 27.3 Å². The average molecular weight is 407 g/mol. The SMILES string of the molecule is O=C(Cn1nnc(-c2cccs2)n1)OCC(=O)c1ccc(Br)cc1. The minimum absolute atomic E-state index is 0.202. The van der Waals surface area contributed by atoms with Crippen LogP contribution in [-0.2, 0) is 16.1 Å². The highest BCUT2D eigenvalue weighted by atomic mass is 79.9. The molecule has 0 aliphatic carbocycles. The second-order valence-electron chi connectivity index (χ2n) is 4.71. The normalized spacial score (nSPS) is 10.5. The van der Waals surface area contributed by atoms with Crippen molar-refractivity contribution in [1.29, 1.82) is 0 Å². The molecule has 0 N–H and O–H groups in total. The molecule has 0 radical (unpaired) electrons. The van der Waals surface area contributed by atoms with Gasteiger partial charge in [0.05, 0.1) is 4.88 Å². The molecule has 0 fully saturated rings. The Hall–Kier alpha value is -2.39. The number of ether oxygens (including phenoxy) is 1. The number of carbonyl (C=O) groups is 2. The standard InChI is InChI=1S/C15H11BrN4O3S/c16-11-5-3-10(4-6-11)12(21)9-23-14(22)8-20-18-15(17-19-20)13-2-1-7-24-13/h1-7H,8-9H2. The number of tetrazole rings is 1. The van der Waals surface area contributed by atoms with E-state index in [9.17, 15) is 9.59 Å². The van der Waals surface area contributed by atoms with Crippen molar-refractivity contribution in [2.75, 3.05) is 6.61 Å². The Bertz CT molecular complexity index is 846. The van der Waals surface area contributed by atoms with Gasteiger partial charge in [-0.25, -0.2) is 4.79 Å². The van der Waals surface area contributed by atoms with Crippen molar-refractivity contribution in [1.82, 2.24) is 20.2 Å². The van der Waals surface area contributed by atoms with Crippen molar-refractivity contribution >= 4 is 39.0 Å². The van der Waals surface area contributed by atoms with Gasteiger partial charge in [-0.2, -0.15) is 4.80 Å². The Morgan fingerprint density at radius 3 is 2.71 bits per heavy atom. The highest BCUT2D eigenvalue weighted by molar-refractivity contribution is 9.10. The molecule has 2 heterocycles. The first kappa shape index (κ1) is 16.5. The van der Waals surface area contributed by atoms with E-state index in [0.29, 0.717) is 11.4 Å². The summed E-state index contributed by atoms with van der Waals surface area (Å²) in [4.78, 5) is 25.7. The Morgan fingerprint density at radius 2 is 2.00 bits per heavy atom. The van der Waals surface area contributed by atoms with Gasteiger partial charge in [0.25, 0.3) is 0 Å². The van der Waals surface area contributed by atoms with Crippen molar-refractivity contribution in [3.63, 3.8) is 0 Å². The number of halogens is 1. The lowest BCUT2D eigenvalue weighted by Crippen LogP contribution is -2.19. The second kappa shape index (κ2) is 7.45. The monoisotopic (exact) mass is 406 g/mol. The van der Waals surface area contributed by atoms with E-state index in [0.717, 1.165) is 14.1 Å². The predicted octanol–water partition coefficient (Wildman–Crippen LogP) is 2.59. The molecule has 1 aromatic carbocycles. The highest BCUT2D eigenvalue weighted by Gasteiger charge is 2.13. The Balaban J connectivity index is 1.52. The molecule has 0 spiro atoms. The quantitative estimate of drug-likeness (QED) is 0.461. The number of carbonyl (C=O) groups excluding carboxylic acids is 2. The van der Waals surface area contributed by atoms with Crippen LogP contribution in [-0.4, -0.2) is 38.6 Å². The maximum absolute atomic E-state index is 11.9. The number of esters is 1. The number of rotatable bonds is 6. The summed E-state index contributed by atoms with van der Waals surface area (Å²) in [6.07, 6.45) is 0. The molecular formula is C15H11BrN4O3S. The fourth-order valence-electron chi connectivity index (χ4n) is 1.84. The number of hydrogen-bond donors (Lipinski definition) is 0. The van der Waals surface area contributed by atoms with E-state index in [-0.39, 0.29) is 18.9 Å². The summed E-state index contributed by atoms with van der Waals surface area (Å²) in [7, 11) is 0. The first-order chi connectivity index (χ1) is 11.6. The molecule has 0 bridgehead atoms. The fourth-order valence-corrected chi connectivity index (χ4v) is 2.75. The van der Waals surface area contributed by atoms with Crippen LogP contribution in [0.3, 0.4) is 0 Å². The maximum Gasteiger partial charge on any atom is 0.330 e. The smallest absolute Gasteiger partial charge is 0.330 e.